The fourth-order valence-electron chi connectivity index (χ4n) is 3.81. The smallest absolute Gasteiger partial charge is 0.339 e. The summed E-state index contributed by atoms with van der Waals surface area (Å²) in [4.78, 5) is 26.0. The van der Waals surface area contributed by atoms with E-state index in [1.807, 2.05) is 0 Å². The Bertz CT molecular complexity index is 1190. The average molecular weight is 482 g/mol. The van der Waals surface area contributed by atoms with Gasteiger partial charge in [-0.15, -0.1) is 0 Å². The van der Waals surface area contributed by atoms with Crippen molar-refractivity contribution in [3.63, 3.8) is 0 Å². The Labute approximate surface area is 188 Å². The topological polar surface area (TPSA) is 244 Å². The lowest BCUT2D eigenvalue weighted by Gasteiger charge is -2.41. The van der Waals surface area contributed by atoms with E-state index in [-0.39, 0.29) is 0 Å². The highest BCUT2D eigenvalue weighted by atomic mass is 16.7. The summed E-state index contributed by atoms with van der Waals surface area (Å²) < 4.78 is 15.3. The fourth-order valence-corrected chi connectivity index (χ4v) is 3.81. The summed E-state index contributed by atoms with van der Waals surface area (Å²) >= 11 is 0. The minimum atomic E-state index is -2.02. The number of phenolic OH excluding ortho intramolecular Hbond substituents is 6. The zero-order valence-corrected chi connectivity index (χ0v) is 16.8. The number of fused-ring (bicyclic) bond motifs is 4. The van der Waals surface area contributed by atoms with Crippen molar-refractivity contribution >= 4 is 11.9 Å². The number of carbonyl (C=O) groups excluding carboxylic acids is 2. The molecule has 9 N–H and O–H groups in total. The van der Waals surface area contributed by atoms with E-state index in [0.717, 1.165) is 0 Å². The molecule has 0 radical (unpaired) electrons. The lowest BCUT2D eigenvalue weighted by Crippen LogP contribution is -2.61. The summed E-state index contributed by atoms with van der Waals surface area (Å²) in [5, 5.41) is 90.9. The summed E-state index contributed by atoms with van der Waals surface area (Å²) in [5.74, 6) is -9.67. The number of phenols is 6. The molecule has 2 heterocycles. The van der Waals surface area contributed by atoms with E-state index in [1.54, 1.807) is 0 Å². The van der Waals surface area contributed by atoms with Crippen LogP contribution in [0.15, 0.2) is 12.1 Å². The van der Waals surface area contributed by atoms with Gasteiger partial charge in [0.05, 0.1) is 17.7 Å². The van der Waals surface area contributed by atoms with Crippen LogP contribution in [0.2, 0.25) is 0 Å². The second-order valence-corrected chi connectivity index (χ2v) is 7.51. The second kappa shape index (κ2) is 8.11. The van der Waals surface area contributed by atoms with Gasteiger partial charge in [0, 0.05) is 11.1 Å². The minimum absolute atomic E-state index is 0.602. The van der Waals surface area contributed by atoms with Crippen LogP contribution in [0.5, 0.6) is 34.5 Å². The molecular weight excluding hydrogens is 464 g/mol. The third-order valence-electron chi connectivity index (χ3n) is 5.50. The molecule has 1 saturated heterocycles. The zero-order chi connectivity index (χ0) is 25.1. The van der Waals surface area contributed by atoms with Crippen LogP contribution >= 0.6 is 0 Å². The first-order valence-electron chi connectivity index (χ1n) is 9.58. The van der Waals surface area contributed by atoms with Crippen molar-refractivity contribution in [2.45, 2.75) is 30.7 Å². The Balaban J connectivity index is 2.04. The first-order valence-corrected chi connectivity index (χ1v) is 9.58. The van der Waals surface area contributed by atoms with Crippen molar-refractivity contribution in [3.8, 4) is 45.6 Å². The van der Waals surface area contributed by atoms with Crippen molar-refractivity contribution in [1.82, 2.24) is 0 Å². The summed E-state index contributed by atoms with van der Waals surface area (Å²) in [6.07, 6.45) is -9.06. The molecule has 2 aliphatic rings. The molecule has 5 atom stereocenters. The predicted molar refractivity (Wildman–Crippen MR) is 104 cm³/mol. The molecule has 182 valence electrons. The summed E-state index contributed by atoms with van der Waals surface area (Å²) in [6.45, 7) is -0.831. The molecule has 0 aliphatic carbocycles. The van der Waals surface area contributed by atoms with Crippen molar-refractivity contribution in [3.05, 3.63) is 23.3 Å². The maximum absolute atomic E-state index is 13.0. The molecule has 2 aliphatic heterocycles. The van der Waals surface area contributed by atoms with Gasteiger partial charge in [0.1, 0.15) is 12.2 Å². The van der Waals surface area contributed by atoms with Crippen LogP contribution in [0.1, 0.15) is 20.7 Å². The average Bonchev–Trinajstić information content (AvgIpc) is 2.79. The van der Waals surface area contributed by atoms with Crippen molar-refractivity contribution in [1.29, 1.82) is 0 Å². The predicted octanol–water partition coefficient (Wildman–Crippen LogP) is -1.28. The Morgan fingerprint density at radius 3 is 1.59 bits per heavy atom. The van der Waals surface area contributed by atoms with Crippen LogP contribution in [-0.2, 0) is 14.2 Å². The molecule has 4 rings (SSSR count). The van der Waals surface area contributed by atoms with Gasteiger partial charge in [-0.1, -0.05) is 0 Å². The Morgan fingerprint density at radius 2 is 1.15 bits per heavy atom. The number of hydrogen-bond donors (Lipinski definition) is 9. The lowest BCUT2D eigenvalue weighted by atomic mass is 9.91. The molecule has 2 aromatic rings. The summed E-state index contributed by atoms with van der Waals surface area (Å²) in [7, 11) is 0. The molecular formula is C20H18O14. The van der Waals surface area contributed by atoms with Gasteiger partial charge in [-0.25, -0.2) is 9.59 Å². The third-order valence-corrected chi connectivity index (χ3v) is 5.50. The second-order valence-electron chi connectivity index (χ2n) is 7.51. The number of carbonyl (C=O) groups is 2. The van der Waals surface area contributed by atoms with Crippen LogP contribution in [0, 0.1) is 0 Å². The van der Waals surface area contributed by atoms with E-state index in [9.17, 15) is 55.5 Å². The molecule has 0 amide bonds. The SMILES string of the molecule is O=C1O[C@@H]2[C@@H](OC(=O)c3cc(O)c(O)c(O)c3-c3c1cc(O)c(O)c3O)[C@H](O)[C@@H](CO)O[C@H]2O. The van der Waals surface area contributed by atoms with Crippen molar-refractivity contribution < 1.29 is 69.8 Å². The normalized spacial score (nSPS) is 26.5. The van der Waals surface area contributed by atoms with Crippen LogP contribution in [0.4, 0.5) is 0 Å². The highest BCUT2D eigenvalue weighted by Crippen LogP contribution is 2.53. The van der Waals surface area contributed by atoms with Gasteiger partial charge in [0.15, 0.2) is 41.5 Å². The molecule has 14 heteroatoms. The van der Waals surface area contributed by atoms with Crippen LogP contribution in [-0.4, -0.2) is 95.2 Å². The number of hydrogen-bond acceptors (Lipinski definition) is 14. The highest BCUT2D eigenvalue weighted by molar-refractivity contribution is 6.08. The molecule has 34 heavy (non-hydrogen) atoms. The van der Waals surface area contributed by atoms with E-state index in [1.165, 1.54) is 0 Å². The van der Waals surface area contributed by atoms with Gasteiger partial charge < -0.3 is 60.2 Å². The fraction of sp³-hybridized carbons (Fsp3) is 0.300. The van der Waals surface area contributed by atoms with Crippen molar-refractivity contribution in [2.24, 2.45) is 0 Å². The maximum atomic E-state index is 13.0. The van der Waals surface area contributed by atoms with E-state index < -0.39 is 106 Å². The first-order chi connectivity index (χ1) is 16.0. The largest absolute Gasteiger partial charge is 0.504 e. The van der Waals surface area contributed by atoms with Gasteiger partial charge >= 0.3 is 11.9 Å². The zero-order valence-electron chi connectivity index (χ0n) is 16.8. The van der Waals surface area contributed by atoms with E-state index in [2.05, 4.69) is 0 Å². The highest BCUT2D eigenvalue weighted by Gasteiger charge is 2.50. The van der Waals surface area contributed by atoms with Gasteiger partial charge in [0.25, 0.3) is 0 Å². The Hall–Kier alpha value is -3.98. The Morgan fingerprint density at radius 1 is 0.706 bits per heavy atom. The monoisotopic (exact) mass is 482 g/mol. The molecule has 0 saturated carbocycles. The first kappa shape index (κ1) is 23.2. The minimum Gasteiger partial charge on any atom is -0.504 e. The summed E-state index contributed by atoms with van der Waals surface area (Å²) in [6, 6.07) is 1.21. The Kier molecular flexibility index (Phi) is 5.53. The van der Waals surface area contributed by atoms with Crippen molar-refractivity contribution in [2.75, 3.05) is 6.61 Å². The molecule has 0 aromatic heterocycles. The van der Waals surface area contributed by atoms with Crippen LogP contribution in [0.3, 0.4) is 0 Å². The van der Waals surface area contributed by atoms with E-state index in [4.69, 9.17) is 14.2 Å². The lowest BCUT2D eigenvalue weighted by molar-refractivity contribution is -0.285. The molecule has 0 spiro atoms. The number of aliphatic hydroxyl groups is 3. The van der Waals surface area contributed by atoms with E-state index in [0.29, 0.717) is 12.1 Å². The number of ether oxygens (including phenoxy) is 3. The quantitative estimate of drug-likeness (QED) is 0.170. The van der Waals surface area contributed by atoms with E-state index >= 15 is 0 Å². The van der Waals surface area contributed by atoms with Gasteiger partial charge in [-0.2, -0.15) is 0 Å². The number of rotatable bonds is 1. The maximum Gasteiger partial charge on any atom is 0.339 e. The van der Waals surface area contributed by atoms with Gasteiger partial charge in [-0.05, 0) is 12.1 Å². The molecule has 0 unspecified atom stereocenters. The molecule has 0 bridgehead atoms. The number of aromatic hydroxyl groups is 6. The number of esters is 2. The number of aliphatic hydroxyl groups excluding tert-OH is 3. The van der Waals surface area contributed by atoms with Crippen LogP contribution < -0.4 is 0 Å². The summed E-state index contributed by atoms with van der Waals surface area (Å²) in [5.41, 5.74) is -3.15. The standard InChI is InChI=1S/C20H18O14/c21-3-8-13(26)16-17(20(31)32-8)34-19(30)5-2-7(23)12(25)15(28)10(5)9-4(18(29)33-16)1-6(22)11(24)14(9)27/h1-2,8,13,16-17,20-28,31H,3H2/t8-,13-,16+,17-,20-/m1/s1. The van der Waals surface area contributed by atoms with Gasteiger partial charge in [-0.3, -0.25) is 0 Å². The van der Waals surface area contributed by atoms with Gasteiger partial charge in [0.2, 0.25) is 11.5 Å². The molecule has 2 aromatic carbocycles. The third kappa shape index (κ3) is 3.36. The van der Waals surface area contributed by atoms with Crippen LogP contribution in [0.25, 0.3) is 11.1 Å². The molecule has 1 fully saturated rings. The number of benzene rings is 2. The molecule has 14 nitrogen and oxygen atoms in total.